The number of benzene rings is 2. The number of fused-ring (bicyclic) bond motifs is 1. The lowest BCUT2D eigenvalue weighted by molar-refractivity contribution is -0.110. The molecule has 1 fully saturated rings. The molecule has 1 amide bonds. The number of anilines is 3. The molecule has 1 saturated heterocycles. The Balaban J connectivity index is 1.41. The number of carbonyl (C=O) groups is 1. The average Bonchev–Trinajstić information content (AvgIpc) is 3.08. The second-order valence-electron chi connectivity index (χ2n) is 7.65. The number of amides is 1. The number of halogens is 1. The largest absolute Gasteiger partial charge is 0.369 e. The first-order chi connectivity index (χ1) is 14.1. The third-order valence-electron chi connectivity index (χ3n) is 5.92. The molecule has 1 atom stereocenters. The van der Waals surface area contributed by atoms with Gasteiger partial charge in [0.25, 0.3) is 5.91 Å². The first-order valence-electron chi connectivity index (χ1n) is 10.2. The van der Waals surface area contributed by atoms with E-state index in [1.165, 1.54) is 18.2 Å². The minimum absolute atomic E-state index is 0.298. The van der Waals surface area contributed by atoms with Crippen LogP contribution in [0.2, 0.25) is 0 Å². The van der Waals surface area contributed by atoms with Crippen LogP contribution in [0.4, 0.5) is 21.5 Å². The van der Waals surface area contributed by atoms with Gasteiger partial charge in [-0.15, -0.1) is 0 Å². The summed E-state index contributed by atoms with van der Waals surface area (Å²) < 4.78 is 14.1. The van der Waals surface area contributed by atoms with E-state index < -0.39 is 5.82 Å². The lowest BCUT2D eigenvalue weighted by Gasteiger charge is -2.39. The standard InChI is InChI=1S/C23H27FN4O/c1-3-16(2)27-11-13-28(14-12-27)18-9-7-17(8-10-18)25-15-19-22-20(24)5-4-6-21(22)26-23(19)29/h4-10,15-16,25H,3,11-14H2,1-2H3,(H,26,29). The van der Waals surface area contributed by atoms with E-state index in [0.29, 0.717) is 22.9 Å². The average molecular weight is 394 g/mol. The Bertz CT molecular complexity index is 917. The molecule has 2 N–H and O–H groups in total. The summed E-state index contributed by atoms with van der Waals surface area (Å²) in [4.78, 5) is 17.1. The normalized spacial score (nSPS) is 19.2. The fourth-order valence-corrected chi connectivity index (χ4v) is 3.95. The summed E-state index contributed by atoms with van der Waals surface area (Å²) in [5.74, 6) is -0.700. The molecule has 0 aromatic heterocycles. The van der Waals surface area contributed by atoms with Gasteiger partial charge in [-0.25, -0.2) is 4.39 Å². The van der Waals surface area contributed by atoms with Crippen molar-refractivity contribution in [1.29, 1.82) is 0 Å². The van der Waals surface area contributed by atoms with E-state index in [1.807, 2.05) is 12.1 Å². The maximum atomic E-state index is 14.1. The van der Waals surface area contributed by atoms with Gasteiger partial charge in [0.2, 0.25) is 0 Å². The van der Waals surface area contributed by atoms with Crippen LogP contribution < -0.4 is 15.5 Å². The predicted octanol–water partition coefficient (Wildman–Crippen LogP) is 4.15. The van der Waals surface area contributed by atoms with Gasteiger partial charge in [0.15, 0.2) is 0 Å². The number of hydrogen-bond acceptors (Lipinski definition) is 4. The molecular weight excluding hydrogens is 367 g/mol. The summed E-state index contributed by atoms with van der Waals surface area (Å²) in [5.41, 5.74) is 3.19. The van der Waals surface area contributed by atoms with Gasteiger partial charge in [-0.3, -0.25) is 9.69 Å². The molecule has 2 aromatic rings. The lowest BCUT2D eigenvalue weighted by atomic mass is 10.1. The molecule has 5 nitrogen and oxygen atoms in total. The Labute approximate surface area is 171 Å². The van der Waals surface area contributed by atoms with Crippen LogP contribution >= 0.6 is 0 Å². The lowest BCUT2D eigenvalue weighted by Crippen LogP contribution is -2.49. The Morgan fingerprint density at radius 2 is 1.86 bits per heavy atom. The number of nitrogens with zero attached hydrogens (tertiary/aromatic N) is 2. The van der Waals surface area contributed by atoms with Crippen molar-refractivity contribution in [1.82, 2.24) is 4.90 Å². The van der Waals surface area contributed by atoms with Crippen molar-refractivity contribution in [3.63, 3.8) is 0 Å². The second kappa shape index (κ2) is 8.25. The van der Waals surface area contributed by atoms with Gasteiger partial charge >= 0.3 is 0 Å². The van der Waals surface area contributed by atoms with E-state index in [-0.39, 0.29) is 5.91 Å². The number of piperazine rings is 1. The van der Waals surface area contributed by atoms with Gasteiger partial charge < -0.3 is 15.5 Å². The Morgan fingerprint density at radius 1 is 1.14 bits per heavy atom. The predicted molar refractivity (Wildman–Crippen MR) is 117 cm³/mol. The number of rotatable bonds is 5. The van der Waals surface area contributed by atoms with Crippen molar-refractivity contribution in [3.8, 4) is 0 Å². The maximum Gasteiger partial charge on any atom is 0.257 e. The fraction of sp³-hybridized carbons (Fsp3) is 0.348. The molecule has 1 unspecified atom stereocenters. The van der Waals surface area contributed by atoms with Gasteiger partial charge in [-0.2, -0.15) is 0 Å². The maximum absolute atomic E-state index is 14.1. The van der Waals surface area contributed by atoms with E-state index in [2.05, 4.69) is 46.4 Å². The van der Waals surface area contributed by atoms with E-state index >= 15 is 0 Å². The van der Waals surface area contributed by atoms with Crippen LogP contribution in [-0.2, 0) is 4.79 Å². The molecule has 152 valence electrons. The summed E-state index contributed by atoms with van der Waals surface area (Å²) in [5, 5.41) is 5.82. The van der Waals surface area contributed by atoms with Crippen LogP contribution in [0.25, 0.3) is 5.57 Å². The van der Waals surface area contributed by atoms with Crippen LogP contribution in [-0.4, -0.2) is 43.0 Å². The van der Waals surface area contributed by atoms with Gasteiger partial charge in [-0.05, 0) is 49.7 Å². The highest BCUT2D eigenvalue weighted by Crippen LogP contribution is 2.33. The number of carbonyl (C=O) groups excluding carboxylic acids is 1. The molecule has 2 aliphatic heterocycles. The number of nitrogens with one attached hydrogen (secondary N) is 2. The molecule has 0 saturated carbocycles. The first-order valence-corrected chi connectivity index (χ1v) is 10.2. The quantitative estimate of drug-likeness (QED) is 0.748. The molecule has 2 aliphatic rings. The highest BCUT2D eigenvalue weighted by atomic mass is 19.1. The highest BCUT2D eigenvalue weighted by Gasteiger charge is 2.27. The summed E-state index contributed by atoms with van der Waals surface area (Å²) in [7, 11) is 0. The molecule has 2 heterocycles. The number of hydrogen-bond donors (Lipinski definition) is 2. The first kappa shape index (κ1) is 19.5. The van der Waals surface area contributed by atoms with Crippen molar-refractivity contribution in [2.45, 2.75) is 26.3 Å². The molecule has 0 aliphatic carbocycles. The minimum atomic E-state index is -0.402. The zero-order chi connectivity index (χ0) is 20.4. The second-order valence-corrected chi connectivity index (χ2v) is 7.65. The van der Waals surface area contributed by atoms with Crippen LogP contribution in [0.5, 0.6) is 0 Å². The summed E-state index contributed by atoms with van der Waals surface area (Å²) in [6, 6.07) is 13.4. The van der Waals surface area contributed by atoms with Crippen LogP contribution in [0.3, 0.4) is 0 Å². The molecule has 4 rings (SSSR count). The smallest absolute Gasteiger partial charge is 0.257 e. The summed E-state index contributed by atoms with van der Waals surface area (Å²) >= 11 is 0. The van der Waals surface area contributed by atoms with Crippen molar-refractivity contribution in [2.75, 3.05) is 41.7 Å². The highest BCUT2D eigenvalue weighted by molar-refractivity contribution is 6.31. The van der Waals surface area contributed by atoms with E-state index in [0.717, 1.165) is 31.9 Å². The molecule has 0 bridgehead atoms. The topological polar surface area (TPSA) is 47.6 Å². The summed E-state index contributed by atoms with van der Waals surface area (Å²) in [6.07, 6.45) is 2.76. The third kappa shape index (κ3) is 3.98. The van der Waals surface area contributed by atoms with Gasteiger partial charge in [0.05, 0.1) is 11.3 Å². The van der Waals surface area contributed by atoms with Crippen molar-refractivity contribution in [3.05, 3.63) is 60.0 Å². The summed E-state index contributed by atoms with van der Waals surface area (Å²) in [6.45, 7) is 8.75. The monoisotopic (exact) mass is 394 g/mol. The van der Waals surface area contributed by atoms with Gasteiger partial charge in [-0.1, -0.05) is 13.0 Å². The zero-order valence-electron chi connectivity index (χ0n) is 16.9. The Hall–Kier alpha value is -2.86. The van der Waals surface area contributed by atoms with Gasteiger partial charge in [0, 0.05) is 55.4 Å². The van der Waals surface area contributed by atoms with Crippen LogP contribution in [0.1, 0.15) is 25.8 Å². The van der Waals surface area contributed by atoms with Crippen molar-refractivity contribution in [2.24, 2.45) is 0 Å². The molecule has 6 heteroatoms. The third-order valence-corrected chi connectivity index (χ3v) is 5.92. The van der Waals surface area contributed by atoms with Gasteiger partial charge in [0.1, 0.15) is 5.82 Å². The zero-order valence-corrected chi connectivity index (χ0v) is 16.9. The molecular formula is C23H27FN4O. The van der Waals surface area contributed by atoms with E-state index in [9.17, 15) is 9.18 Å². The van der Waals surface area contributed by atoms with Crippen molar-refractivity contribution < 1.29 is 9.18 Å². The molecule has 0 spiro atoms. The van der Waals surface area contributed by atoms with Crippen LogP contribution in [0.15, 0.2) is 48.7 Å². The van der Waals surface area contributed by atoms with Crippen molar-refractivity contribution >= 4 is 28.5 Å². The van der Waals surface area contributed by atoms with Crippen LogP contribution in [0, 0.1) is 5.82 Å². The minimum Gasteiger partial charge on any atom is -0.369 e. The molecule has 2 aromatic carbocycles. The fourth-order valence-electron chi connectivity index (χ4n) is 3.95. The Kier molecular flexibility index (Phi) is 5.53. The van der Waals surface area contributed by atoms with E-state index in [1.54, 1.807) is 18.3 Å². The molecule has 29 heavy (non-hydrogen) atoms. The Morgan fingerprint density at radius 3 is 2.55 bits per heavy atom. The molecule has 0 radical (unpaired) electrons. The van der Waals surface area contributed by atoms with E-state index in [4.69, 9.17) is 0 Å². The SMILES string of the molecule is CCC(C)N1CCN(c2ccc(NC=C3C(=O)Nc4cccc(F)c43)cc2)CC1.